The van der Waals surface area contributed by atoms with Crippen LogP contribution >= 0.6 is 0 Å². The summed E-state index contributed by atoms with van der Waals surface area (Å²) >= 11 is 0. The number of carbonyl (C=O) groups is 1. The standard InChI is InChI=1S/C17H18O2/c1-19-17-10-6-5-9-15(17)11-12-16(18)13-14-7-3-2-4-8-14/h2-10H,11-13H2,1H3. The van der Waals surface area contributed by atoms with Crippen molar-refractivity contribution in [3.05, 3.63) is 65.7 Å². The lowest BCUT2D eigenvalue weighted by molar-refractivity contribution is -0.118. The van der Waals surface area contributed by atoms with Crippen molar-refractivity contribution >= 4 is 5.78 Å². The highest BCUT2D eigenvalue weighted by Gasteiger charge is 2.07. The summed E-state index contributed by atoms with van der Waals surface area (Å²) in [5.74, 6) is 1.12. The van der Waals surface area contributed by atoms with Gasteiger partial charge in [-0.1, -0.05) is 48.5 Å². The van der Waals surface area contributed by atoms with E-state index in [9.17, 15) is 4.79 Å². The molecule has 0 aliphatic carbocycles. The fourth-order valence-corrected chi connectivity index (χ4v) is 2.10. The first-order valence-electron chi connectivity index (χ1n) is 6.47. The summed E-state index contributed by atoms with van der Waals surface area (Å²) in [6, 6.07) is 17.7. The molecule has 98 valence electrons. The second kappa shape index (κ2) is 6.74. The van der Waals surface area contributed by atoms with Crippen LogP contribution in [0.2, 0.25) is 0 Å². The normalized spacial score (nSPS) is 10.2. The number of benzene rings is 2. The smallest absolute Gasteiger partial charge is 0.137 e. The molecule has 0 atom stereocenters. The van der Waals surface area contributed by atoms with Crippen molar-refractivity contribution < 1.29 is 9.53 Å². The van der Waals surface area contributed by atoms with Crippen molar-refractivity contribution in [2.45, 2.75) is 19.3 Å². The average Bonchev–Trinajstić information content (AvgIpc) is 2.46. The van der Waals surface area contributed by atoms with Gasteiger partial charge < -0.3 is 4.74 Å². The number of rotatable bonds is 6. The monoisotopic (exact) mass is 254 g/mol. The molecule has 2 rings (SSSR count). The van der Waals surface area contributed by atoms with Crippen molar-refractivity contribution in [3.63, 3.8) is 0 Å². The highest BCUT2D eigenvalue weighted by atomic mass is 16.5. The molecule has 0 saturated heterocycles. The molecule has 2 aromatic carbocycles. The lowest BCUT2D eigenvalue weighted by Gasteiger charge is -2.07. The summed E-state index contributed by atoms with van der Waals surface area (Å²) in [5, 5.41) is 0. The van der Waals surface area contributed by atoms with Gasteiger partial charge in [0.15, 0.2) is 0 Å². The number of Topliss-reactive ketones (excluding diaryl/α,β-unsaturated/α-hetero) is 1. The molecule has 0 aliphatic rings. The topological polar surface area (TPSA) is 26.3 Å². The van der Waals surface area contributed by atoms with Gasteiger partial charge in [0.25, 0.3) is 0 Å². The van der Waals surface area contributed by atoms with Gasteiger partial charge >= 0.3 is 0 Å². The highest BCUT2D eigenvalue weighted by Crippen LogP contribution is 2.19. The van der Waals surface area contributed by atoms with Crippen molar-refractivity contribution in [1.29, 1.82) is 0 Å². The number of hydrogen-bond acceptors (Lipinski definition) is 2. The van der Waals surface area contributed by atoms with Gasteiger partial charge in [-0.3, -0.25) is 4.79 Å². The Labute approximate surface area is 114 Å². The Bertz CT molecular complexity index is 532. The van der Waals surface area contributed by atoms with Gasteiger partial charge in [-0.15, -0.1) is 0 Å². The largest absolute Gasteiger partial charge is 0.496 e. The molecular formula is C17H18O2. The highest BCUT2D eigenvalue weighted by molar-refractivity contribution is 5.81. The quantitative estimate of drug-likeness (QED) is 0.789. The zero-order valence-electron chi connectivity index (χ0n) is 11.1. The Balaban J connectivity index is 1.90. The van der Waals surface area contributed by atoms with E-state index in [1.54, 1.807) is 7.11 Å². The van der Waals surface area contributed by atoms with Crippen molar-refractivity contribution in [2.75, 3.05) is 7.11 Å². The molecule has 0 heterocycles. The number of para-hydroxylation sites is 1. The van der Waals surface area contributed by atoms with Gasteiger partial charge in [0.05, 0.1) is 7.11 Å². The van der Waals surface area contributed by atoms with Crippen LogP contribution in [0.1, 0.15) is 17.5 Å². The number of carbonyl (C=O) groups excluding carboxylic acids is 1. The third-order valence-electron chi connectivity index (χ3n) is 3.11. The van der Waals surface area contributed by atoms with Crippen LogP contribution in [-0.4, -0.2) is 12.9 Å². The maximum atomic E-state index is 11.9. The average molecular weight is 254 g/mol. The number of ketones is 1. The van der Waals surface area contributed by atoms with Gasteiger partial charge in [-0.05, 0) is 23.6 Å². The van der Waals surface area contributed by atoms with Crippen molar-refractivity contribution in [3.8, 4) is 5.75 Å². The van der Waals surface area contributed by atoms with E-state index in [0.717, 1.165) is 23.3 Å². The first-order chi connectivity index (χ1) is 9.29. The molecule has 0 aliphatic heterocycles. The minimum Gasteiger partial charge on any atom is -0.496 e. The van der Waals surface area contributed by atoms with E-state index >= 15 is 0 Å². The number of methoxy groups -OCH3 is 1. The summed E-state index contributed by atoms with van der Waals surface area (Å²) in [4.78, 5) is 11.9. The van der Waals surface area contributed by atoms with Gasteiger partial charge in [0.2, 0.25) is 0 Å². The molecule has 0 N–H and O–H groups in total. The van der Waals surface area contributed by atoms with Crippen molar-refractivity contribution in [2.24, 2.45) is 0 Å². The third-order valence-corrected chi connectivity index (χ3v) is 3.11. The van der Waals surface area contributed by atoms with Gasteiger partial charge in [0, 0.05) is 12.8 Å². The molecule has 0 saturated carbocycles. The molecule has 0 radical (unpaired) electrons. The maximum absolute atomic E-state index is 11.9. The minimum atomic E-state index is 0.261. The van der Waals surface area contributed by atoms with E-state index in [4.69, 9.17) is 4.74 Å². The first kappa shape index (κ1) is 13.3. The van der Waals surface area contributed by atoms with Crippen LogP contribution in [0.5, 0.6) is 5.75 Å². The van der Waals surface area contributed by atoms with E-state index in [1.165, 1.54) is 0 Å². The summed E-state index contributed by atoms with van der Waals surface area (Å²) < 4.78 is 5.28. The predicted octanol–water partition coefficient (Wildman–Crippen LogP) is 3.44. The molecular weight excluding hydrogens is 236 g/mol. The molecule has 0 unspecified atom stereocenters. The number of hydrogen-bond donors (Lipinski definition) is 0. The fraction of sp³-hybridized carbons (Fsp3) is 0.235. The van der Waals surface area contributed by atoms with E-state index < -0.39 is 0 Å². The molecule has 19 heavy (non-hydrogen) atoms. The zero-order valence-corrected chi connectivity index (χ0v) is 11.1. The number of aryl methyl sites for hydroxylation is 1. The summed E-state index contributed by atoms with van der Waals surface area (Å²) in [7, 11) is 1.66. The van der Waals surface area contributed by atoms with Crippen LogP contribution in [-0.2, 0) is 17.6 Å². The Hall–Kier alpha value is -2.09. The van der Waals surface area contributed by atoms with Crippen LogP contribution < -0.4 is 4.74 Å². The lowest BCUT2D eigenvalue weighted by atomic mass is 10.0. The molecule has 0 aromatic heterocycles. The van der Waals surface area contributed by atoms with Crippen LogP contribution in [0.4, 0.5) is 0 Å². The van der Waals surface area contributed by atoms with E-state index in [0.29, 0.717) is 12.8 Å². The van der Waals surface area contributed by atoms with E-state index in [1.807, 2.05) is 54.6 Å². The Morgan fingerprint density at radius 2 is 1.68 bits per heavy atom. The molecule has 0 fully saturated rings. The van der Waals surface area contributed by atoms with Crippen LogP contribution in [0.3, 0.4) is 0 Å². The van der Waals surface area contributed by atoms with Crippen LogP contribution in [0.15, 0.2) is 54.6 Å². The summed E-state index contributed by atoms with van der Waals surface area (Å²) in [5.41, 5.74) is 2.17. The Morgan fingerprint density at radius 3 is 2.42 bits per heavy atom. The third kappa shape index (κ3) is 3.95. The maximum Gasteiger partial charge on any atom is 0.137 e. The van der Waals surface area contributed by atoms with E-state index in [2.05, 4.69) is 0 Å². The minimum absolute atomic E-state index is 0.261. The molecule has 0 bridgehead atoms. The Kier molecular flexibility index (Phi) is 4.73. The molecule has 2 heteroatoms. The summed E-state index contributed by atoms with van der Waals surface area (Å²) in [6.45, 7) is 0. The second-order valence-electron chi connectivity index (χ2n) is 4.51. The Morgan fingerprint density at radius 1 is 1.00 bits per heavy atom. The first-order valence-corrected chi connectivity index (χ1v) is 6.47. The molecule has 2 aromatic rings. The SMILES string of the molecule is COc1ccccc1CCC(=O)Cc1ccccc1. The molecule has 0 spiro atoms. The van der Waals surface area contributed by atoms with Crippen LogP contribution in [0, 0.1) is 0 Å². The van der Waals surface area contributed by atoms with Gasteiger partial charge in [-0.2, -0.15) is 0 Å². The molecule has 2 nitrogen and oxygen atoms in total. The van der Waals surface area contributed by atoms with Gasteiger partial charge in [-0.25, -0.2) is 0 Å². The number of ether oxygens (including phenoxy) is 1. The lowest BCUT2D eigenvalue weighted by Crippen LogP contribution is -2.04. The fourth-order valence-electron chi connectivity index (χ4n) is 2.10. The van der Waals surface area contributed by atoms with E-state index in [-0.39, 0.29) is 5.78 Å². The van der Waals surface area contributed by atoms with Gasteiger partial charge in [0.1, 0.15) is 11.5 Å². The van der Waals surface area contributed by atoms with Crippen LogP contribution in [0.25, 0.3) is 0 Å². The summed E-state index contributed by atoms with van der Waals surface area (Å²) in [6.07, 6.45) is 1.79. The zero-order chi connectivity index (χ0) is 13.5. The second-order valence-corrected chi connectivity index (χ2v) is 4.51. The molecule has 0 amide bonds. The predicted molar refractivity (Wildman–Crippen MR) is 76.5 cm³/mol. The van der Waals surface area contributed by atoms with Crippen molar-refractivity contribution in [1.82, 2.24) is 0 Å².